The van der Waals surface area contributed by atoms with Gasteiger partial charge in [0.25, 0.3) is 3.79 Å². The zero-order valence-corrected chi connectivity index (χ0v) is 46.6. The number of nitrogens with one attached hydrogen (secondary N) is 1. The fraction of sp³-hybridized carbons (Fsp3) is 0.206. The van der Waals surface area contributed by atoms with Crippen molar-refractivity contribution in [3.05, 3.63) is 251 Å². The van der Waals surface area contributed by atoms with Crippen LogP contribution in [0.15, 0.2) is 212 Å². The molecule has 0 aliphatic carbocycles. The van der Waals surface area contributed by atoms with Gasteiger partial charge in [-0.3, -0.25) is 5.41 Å². The standard InChI is InChI=1S/C63H50Cl3NO18/c64-63(65,66)62(67)85-61-52(82-59(74)44-34-20-7-21-35-44)50(80-57(72)42-30-16-5-17-31-42)48(84-61)46(78-55(70)40-26-12-3-13-27-40)37-76-60-51(81-58(73)43-32-18-6-19-33-43)49(79-56(71)41-28-14-4-15-29-41)47(83-60)45(77-54(69)39-24-10-2-11-25-39)36-75-53(68)38-22-8-1-9-23-38/h1-35,45-52,60-61,67H,36-37H2/t45-,46-,47+,48+,49+,50+,51-,52-,60-,61+/m1/s1. The topological polar surface area (TPSA) is 245 Å². The van der Waals surface area contributed by atoms with Gasteiger partial charge in [0.15, 0.2) is 36.8 Å². The molecule has 10 atom stereocenters. The Labute approximate surface area is 500 Å². The summed E-state index contributed by atoms with van der Waals surface area (Å²) in [5.74, 6) is -7.81. The number of alkyl halides is 3. The van der Waals surface area contributed by atoms with Gasteiger partial charge in [0, 0.05) is 0 Å². The normalized spacial score (nSPS) is 20.5. The van der Waals surface area contributed by atoms with Gasteiger partial charge in [-0.15, -0.1) is 0 Å². The van der Waals surface area contributed by atoms with Gasteiger partial charge >= 0.3 is 41.8 Å². The number of carbonyl (C=O) groups excluding carboxylic acids is 7. The smallest absolute Gasteiger partial charge is 0.338 e. The van der Waals surface area contributed by atoms with Gasteiger partial charge in [0.2, 0.25) is 18.3 Å². The zero-order valence-electron chi connectivity index (χ0n) is 44.4. The van der Waals surface area contributed by atoms with Gasteiger partial charge in [-0.25, -0.2) is 33.6 Å². The van der Waals surface area contributed by atoms with Crippen LogP contribution in [0.25, 0.3) is 0 Å². The van der Waals surface area contributed by atoms with E-state index in [1.165, 1.54) is 84.9 Å². The monoisotopic (exact) mass is 1210 g/mol. The van der Waals surface area contributed by atoms with Crippen LogP contribution in [-0.2, 0) is 52.1 Å². The number of esters is 7. The lowest BCUT2D eigenvalue weighted by atomic mass is 10.0. The second-order valence-electron chi connectivity index (χ2n) is 18.7. The molecule has 0 radical (unpaired) electrons. The molecule has 0 bridgehead atoms. The molecule has 2 aliphatic rings. The minimum atomic E-state index is -2.54. The molecule has 1 N–H and O–H groups in total. The first-order valence-corrected chi connectivity index (χ1v) is 27.3. The fourth-order valence-electron chi connectivity index (χ4n) is 8.85. The Morgan fingerprint density at radius 3 is 0.965 bits per heavy atom. The molecule has 0 spiro atoms. The zero-order chi connectivity index (χ0) is 59.9. The van der Waals surface area contributed by atoms with Crippen molar-refractivity contribution in [3.8, 4) is 0 Å². The van der Waals surface area contributed by atoms with Gasteiger partial charge in [-0.2, -0.15) is 0 Å². The minimum absolute atomic E-state index is 0.00315. The van der Waals surface area contributed by atoms with Crippen LogP contribution in [0, 0.1) is 5.41 Å². The van der Waals surface area contributed by atoms with Crippen LogP contribution in [0.3, 0.4) is 0 Å². The molecule has 22 heteroatoms. The molecule has 2 fully saturated rings. The highest BCUT2D eigenvalue weighted by Gasteiger charge is 2.58. The van der Waals surface area contributed by atoms with E-state index in [1.807, 2.05) is 0 Å². The number of halogens is 3. The summed E-state index contributed by atoms with van der Waals surface area (Å²) < 4.78 is 65.3. The molecule has 9 rings (SSSR count). The number of hydrogen-bond acceptors (Lipinski definition) is 19. The van der Waals surface area contributed by atoms with Crippen LogP contribution in [0.2, 0.25) is 0 Å². The van der Waals surface area contributed by atoms with Crippen molar-refractivity contribution < 1.29 is 85.7 Å². The van der Waals surface area contributed by atoms with E-state index in [-0.39, 0.29) is 38.9 Å². The van der Waals surface area contributed by atoms with E-state index in [2.05, 4.69) is 0 Å². The summed E-state index contributed by atoms with van der Waals surface area (Å²) in [4.78, 5) is 98.9. The molecule has 0 aromatic heterocycles. The maximum absolute atomic E-state index is 14.4. The molecule has 0 saturated carbocycles. The summed E-state index contributed by atoms with van der Waals surface area (Å²) in [5.41, 5.74) is 0.227. The quantitative estimate of drug-likeness (QED) is 0.0231. The molecule has 7 aromatic rings. The van der Waals surface area contributed by atoms with Crippen LogP contribution in [0.5, 0.6) is 0 Å². The fourth-order valence-corrected chi connectivity index (χ4v) is 8.98. The summed E-state index contributed by atoms with van der Waals surface area (Å²) in [6, 6.07) is 53.8. The molecule has 0 amide bonds. The maximum atomic E-state index is 14.4. The third-order valence-electron chi connectivity index (χ3n) is 13.0. The van der Waals surface area contributed by atoms with Crippen molar-refractivity contribution in [3.63, 3.8) is 0 Å². The molecular formula is C63H50Cl3NO18. The first kappa shape index (κ1) is 60.6. The van der Waals surface area contributed by atoms with E-state index in [4.69, 9.17) is 92.3 Å². The minimum Gasteiger partial charge on any atom is -0.458 e. The van der Waals surface area contributed by atoms with Gasteiger partial charge in [-0.1, -0.05) is 162 Å². The SMILES string of the molecule is N=C(O[C@@H]1O[C@@H]([C@@H](CO[C@@H]2O[C@@H]([C@@H](COC(=O)c3ccccc3)OC(=O)c3ccccc3)[C@H](OC(=O)c3ccccc3)[C@H]2OC(=O)c2ccccc2)OC(=O)c2ccccc2)[C@H](OC(=O)c2ccccc2)[C@H]1OC(=O)c1ccccc1)C(Cl)(Cl)Cl. The molecule has 85 heavy (non-hydrogen) atoms. The number of benzene rings is 7. The van der Waals surface area contributed by atoms with Crippen molar-refractivity contribution in [2.24, 2.45) is 0 Å². The highest BCUT2D eigenvalue weighted by molar-refractivity contribution is 6.76. The van der Waals surface area contributed by atoms with E-state index >= 15 is 0 Å². The van der Waals surface area contributed by atoms with Gasteiger partial charge in [0.05, 0.1) is 45.6 Å². The third-order valence-corrected chi connectivity index (χ3v) is 13.5. The molecule has 19 nitrogen and oxygen atoms in total. The summed E-state index contributed by atoms with van der Waals surface area (Å²) in [5, 5.41) is 8.57. The van der Waals surface area contributed by atoms with Crippen molar-refractivity contribution in [2.45, 2.75) is 65.2 Å². The molecule has 0 unspecified atom stereocenters. The number of hydrogen-bond donors (Lipinski definition) is 1. The van der Waals surface area contributed by atoms with E-state index in [9.17, 15) is 33.6 Å². The van der Waals surface area contributed by atoms with E-state index in [1.54, 1.807) is 127 Å². The van der Waals surface area contributed by atoms with Gasteiger partial charge < -0.3 is 52.1 Å². The number of carbonyl (C=O) groups is 7. The number of rotatable bonds is 21. The number of ether oxygens (including phenoxy) is 11. The predicted molar refractivity (Wildman–Crippen MR) is 303 cm³/mol. The van der Waals surface area contributed by atoms with Crippen molar-refractivity contribution in [1.82, 2.24) is 0 Å². The lowest BCUT2D eigenvalue weighted by Crippen LogP contribution is -2.48. The Hall–Kier alpha value is -8.95. The summed E-state index contributed by atoms with van der Waals surface area (Å²) in [6.07, 6.45) is -18.3. The molecule has 7 aromatic carbocycles. The second-order valence-corrected chi connectivity index (χ2v) is 21.0. The summed E-state index contributed by atoms with van der Waals surface area (Å²) in [6.45, 7) is -1.65. The first-order valence-electron chi connectivity index (χ1n) is 26.1. The first-order chi connectivity index (χ1) is 41.1. The van der Waals surface area contributed by atoms with Crippen LogP contribution in [-0.4, -0.2) is 126 Å². The Bertz CT molecular complexity index is 3420. The molecular weight excluding hydrogens is 1170 g/mol. The van der Waals surface area contributed by atoms with Crippen molar-refractivity contribution in [2.75, 3.05) is 13.2 Å². The van der Waals surface area contributed by atoms with Crippen LogP contribution in [0.4, 0.5) is 0 Å². The van der Waals surface area contributed by atoms with E-state index < -0.39 is 126 Å². The molecule has 436 valence electrons. The molecule has 2 saturated heterocycles. The van der Waals surface area contributed by atoms with E-state index in [0.717, 1.165) is 0 Å². The van der Waals surface area contributed by atoms with Gasteiger partial charge in [-0.05, 0) is 84.9 Å². The average molecular weight is 1220 g/mol. The van der Waals surface area contributed by atoms with Crippen LogP contribution >= 0.6 is 34.8 Å². The Morgan fingerprint density at radius 2 is 0.635 bits per heavy atom. The summed E-state index contributed by atoms with van der Waals surface area (Å²) >= 11 is 18.3. The Balaban J connectivity index is 1.14. The predicted octanol–water partition coefficient (Wildman–Crippen LogP) is 10.0. The van der Waals surface area contributed by atoms with E-state index in [0.29, 0.717) is 0 Å². The lowest BCUT2D eigenvalue weighted by molar-refractivity contribution is -0.206. The maximum Gasteiger partial charge on any atom is 0.338 e. The summed E-state index contributed by atoms with van der Waals surface area (Å²) in [7, 11) is 0. The molecule has 2 heterocycles. The van der Waals surface area contributed by atoms with Crippen molar-refractivity contribution in [1.29, 1.82) is 5.41 Å². The largest absolute Gasteiger partial charge is 0.458 e. The molecule has 2 aliphatic heterocycles. The Morgan fingerprint density at radius 1 is 0.365 bits per heavy atom. The van der Waals surface area contributed by atoms with Crippen LogP contribution in [0.1, 0.15) is 72.5 Å². The van der Waals surface area contributed by atoms with Gasteiger partial charge in [0.1, 0.15) is 18.8 Å². The average Bonchev–Trinajstić information content (AvgIpc) is 3.41. The highest BCUT2D eigenvalue weighted by Crippen LogP contribution is 2.38. The lowest BCUT2D eigenvalue weighted by Gasteiger charge is -2.30. The third kappa shape index (κ3) is 15.8. The Kier molecular flexibility index (Phi) is 20.4. The highest BCUT2D eigenvalue weighted by atomic mass is 35.6. The van der Waals surface area contributed by atoms with Crippen molar-refractivity contribution >= 4 is 82.5 Å². The van der Waals surface area contributed by atoms with Crippen LogP contribution < -0.4 is 0 Å². The second kappa shape index (κ2) is 28.6.